The molecule has 0 fully saturated rings. The second-order valence-corrected chi connectivity index (χ2v) is 14.2. The lowest BCUT2D eigenvalue weighted by molar-refractivity contribution is -0.438. The van der Waals surface area contributed by atoms with E-state index in [4.69, 9.17) is 0 Å². The van der Waals surface area contributed by atoms with Crippen LogP contribution >= 0.6 is 0 Å². The molecule has 2 aliphatic heterocycles. The molecule has 0 saturated heterocycles. The van der Waals surface area contributed by atoms with Crippen LogP contribution in [0.3, 0.4) is 0 Å². The number of carboxylic acids is 1. The zero-order valence-corrected chi connectivity index (χ0v) is 28.6. The molecule has 244 valence electrons. The van der Waals surface area contributed by atoms with Gasteiger partial charge in [-0.25, -0.2) is 4.79 Å². The van der Waals surface area contributed by atoms with Crippen molar-refractivity contribution in [3.05, 3.63) is 106 Å². The average Bonchev–Trinajstić information content (AvgIpc) is 3.41. The Morgan fingerprint density at radius 3 is 2.34 bits per heavy atom. The van der Waals surface area contributed by atoms with E-state index in [0.717, 1.165) is 54.3 Å². The predicted molar refractivity (Wildman–Crippen MR) is 188 cm³/mol. The number of hydrogen-bond donors (Lipinski definition) is 1. The molecule has 3 aliphatic rings. The van der Waals surface area contributed by atoms with Gasteiger partial charge in [0.25, 0.3) is 0 Å². The van der Waals surface area contributed by atoms with E-state index in [1.165, 1.54) is 42.0 Å². The third kappa shape index (κ3) is 5.32. The summed E-state index contributed by atoms with van der Waals surface area (Å²) >= 11 is 0. The molecule has 2 heterocycles. The number of carboxylic acid groups (broad SMARTS) is 1. The van der Waals surface area contributed by atoms with Crippen LogP contribution in [0.25, 0.3) is 10.8 Å². The molecule has 0 unspecified atom stereocenters. The summed E-state index contributed by atoms with van der Waals surface area (Å²) in [7, 11) is 0. The Bertz CT molecular complexity index is 1920. The normalized spacial score (nSPS) is 19.6. The van der Waals surface area contributed by atoms with E-state index < -0.39 is 16.8 Å². The van der Waals surface area contributed by atoms with E-state index in [1.54, 1.807) is 18.2 Å². The lowest BCUT2D eigenvalue weighted by Gasteiger charge is -2.32. The van der Waals surface area contributed by atoms with E-state index in [2.05, 4.69) is 67.5 Å². The van der Waals surface area contributed by atoms with Crippen molar-refractivity contribution >= 4 is 39.6 Å². The Hall–Kier alpha value is -4.45. The van der Waals surface area contributed by atoms with Crippen molar-refractivity contribution in [2.75, 3.05) is 18.0 Å². The molecular formula is C41H46N2O4. The molecule has 47 heavy (non-hydrogen) atoms. The minimum Gasteiger partial charge on any atom is -0.871 e. The number of aromatic carboxylic acids is 1. The number of likely N-dealkylation sites (N-methyl/N-ethyl adjacent to an activating group) is 1. The first kappa shape index (κ1) is 32.5. The Morgan fingerprint density at radius 1 is 0.915 bits per heavy atom. The zero-order valence-electron chi connectivity index (χ0n) is 28.6. The fourth-order valence-electron chi connectivity index (χ4n) is 7.87. The lowest BCUT2D eigenvalue weighted by atomic mass is 9.77. The largest absolute Gasteiger partial charge is 0.871 e. The zero-order chi connectivity index (χ0) is 33.7. The Morgan fingerprint density at radius 2 is 1.64 bits per heavy atom. The van der Waals surface area contributed by atoms with Crippen LogP contribution in [0.4, 0.5) is 11.4 Å². The van der Waals surface area contributed by atoms with Crippen LogP contribution in [0.1, 0.15) is 102 Å². The Labute approximate surface area is 278 Å². The van der Waals surface area contributed by atoms with Gasteiger partial charge in [0.05, 0.1) is 11.0 Å². The number of unbranched alkanes of at least 4 members (excludes halogenated alkanes) is 5. The van der Waals surface area contributed by atoms with Gasteiger partial charge in [0.1, 0.15) is 6.54 Å². The van der Waals surface area contributed by atoms with Crippen molar-refractivity contribution < 1.29 is 24.4 Å². The van der Waals surface area contributed by atoms with Gasteiger partial charge in [-0.15, -0.1) is 0 Å². The lowest BCUT2D eigenvalue weighted by Crippen LogP contribution is -2.35. The number of hydrogen-bond acceptors (Lipinski definition) is 4. The highest BCUT2D eigenvalue weighted by Crippen LogP contribution is 2.51. The Kier molecular flexibility index (Phi) is 8.50. The summed E-state index contributed by atoms with van der Waals surface area (Å²) in [5, 5.41) is 25.9. The van der Waals surface area contributed by atoms with E-state index in [9.17, 15) is 19.8 Å². The van der Waals surface area contributed by atoms with E-state index in [1.807, 2.05) is 32.1 Å². The molecule has 1 aliphatic carbocycles. The molecule has 3 aromatic rings. The summed E-state index contributed by atoms with van der Waals surface area (Å²) in [5.74, 6) is -1.44. The van der Waals surface area contributed by atoms with Crippen molar-refractivity contribution in [1.29, 1.82) is 0 Å². The van der Waals surface area contributed by atoms with Crippen LogP contribution in [0.5, 0.6) is 0 Å². The standard InChI is InChI=1S/C41H46N2O4/c1-7-9-10-11-12-15-22-43-32-20-19-27(39(46)47)23-31(32)40(3,4)34(43)24-29-37(44)30(38(29)45)25-35-41(5,6)36-28-17-14-13-16-26(28)18-21-33(36)42(35)8-2/h13-14,16-21,23-25H,7-12,15,22H2,1-6H3,(H-,44,45,46,47). The number of benzene rings is 3. The third-order valence-electron chi connectivity index (χ3n) is 10.5. The summed E-state index contributed by atoms with van der Waals surface area (Å²) in [6.45, 7) is 14.2. The maximum Gasteiger partial charge on any atom is 0.335 e. The van der Waals surface area contributed by atoms with Gasteiger partial charge in [-0.1, -0.05) is 82.5 Å². The number of carbonyl (C=O) groups excluding carboxylic acids is 1. The molecule has 6 heteroatoms. The molecular weight excluding hydrogens is 584 g/mol. The minimum atomic E-state index is -0.972. The summed E-state index contributed by atoms with van der Waals surface area (Å²) in [6, 6.07) is 17.9. The van der Waals surface area contributed by atoms with Gasteiger partial charge in [0.2, 0.25) is 5.69 Å². The Balaban J connectivity index is 1.39. The van der Waals surface area contributed by atoms with Gasteiger partial charge in [-0.3, -0.25) is 4.79 Å². The molecule has 0 spiro atoms. The van der Waals surface area contributed by atoms with Gasteiger partial charge in [-0.2, -0.15) is 4.58 Å². The quantitative estimate of drug-likeness (QED) is 0.132. The van der Waals surface area contributed by atoms with E-state index in [-0.39, 0.29) is 28.3 Å². The first-order chi connectivity index (χ1) is 22.4. The topological polar surface area (TPSA) is 83.7 Å². The first-order valence-electron chi connectivity index (χ1n) is 17.2. The predicted octanol–water partition coefficient (Wildman–Crippen LogP) is 8.10. The molecule has 0 amide bonds. The van der Waals surface area contributed by atoms with Crippen LogP contribution in [-0.4, -0.2) is 40.2 Å². The van der Waals surface area contributed by atoms with Gasteiger partial charge >= 0.3 is 5.97 Å². The number of allylic oxidation sites excluding steroid dienone is 5. The molecule has 0 aromatic heterocycles. The molecule has 0 radical (unpaired) electrons. The van der Waals surface area contributed by atoms with Crippen LogP contribution in [-0.2, 0) is 15.6 Å². The van der Waals surface area contributed by atoms with Crippen molar-refractivity contribution in [2.24, 2.45) is 0 Å². The third-order valence-corrected chi connectivity index (χ3v) is 10.5. The number of anilines is 1. The molecule has 6 rings (SSSR count). The number of ketones is 1. The van der Waals surface area contributed by atoms with Crippen LogP contribution < -0.4 is 10.0 Å². The second-order valence-electron chi connectivity index (χ2n) is 14.2. The van der Waals surface area contributed by atoms with Crippen LogP contribution in [0.15, 0.2) is 89.4 Å². The van der Waals surface area contributed by atoms with E-state index in [0.29, 0.717) is 0 Å². The SMILES string of the molecule is CCCCCCCC[N+]1=C(/C=C2/C(=O)C(/C=C3/N(CC)c4ccc5ccccc5c4C3(C)C)=C2[O-])C(C)(C)c2cc(C(=O)O)ccc21. The van der Waals surface area contributed by atoms with Gasteiger partial charge in [0.15, 0.2) is 11.5 Å². The maximum absolute atomic E-state index is 13.8. The van der Waals surface area contributed by atoms with Gasteiger partial charge in [0, 0.05) is 58.6 Å². The number of fused-ring (bicyclic) bond motifs is 4. The van der Waals surface area contributed by atoms with Gasteiger partial charge < -0.3 is 15.1 Å². The highest BCUT2D eigenvalue weighted by Gasteiger charge is 2.46. The number of nitrogens with zero attached hydrogens (tertiary/aromatic N) is 2. The summed E-state index contributed by atoms with van der Waals surface area (Å²) in [6.07, 6.45) is 10.5. The monoisotopic (exact) mass is 630 g/mol. The fraction of sp³-hybridized carbons (Fsp3) is 0.390. The summed E-state index contributed by atoms with van der Waals surface area (Å²) in [4.78, 5) is 27.9. The van der Waals surface area contributed by atoms with Crippen molar-refractivity contribution in [3.63, 3.8) is 0 Å². The second kappa shape index (κ2) is 12.3. The molecule has 0 atom stereocenters. The molecule has 1 N–H and O–H groups in total. The highest BCUT2D eigenvalue weighted by molar-refractivity contribution is 6.24. The van der Waals surface area contributed by atoms with Crippen molar-refractivity contribution in [3.8, 4) is 0 Å². The number of rotatable bonds is 11. The highest BCUT2D eigenvalue weighted by atomic mass is 16.4. The maximum atomic E-state index is 13.8. The van der Waals surface area contributed by atoms with Crippen molar-refractivity contribution in [1.82, 2.24) is 0 Å². The molecule has 6 nitrogen and oxygen atoms in total. The van der Waals surface area contributed by atoms with Crippen molar-refractivity contribution in [2.45, 2.75) is 90.9 Å². The summed E-state index contributed by atoms with van der Waals surface area (Å²) in [5.41, 5.74) is 5.66. The number of carbonyl (C=O) groups is 2. The van der Waals surface area contributed by atoms with Crippen LogP contribution in [0.2, 0.25) is 0 Å². The van der Waals surface area contributed by atoms with Crippen LogP contribution in [0, 0.1) is 0 Å². The van der Waals surface area contributed by atoms with Gasteiger partial charge in [-0.05, 0) is 67.8 Å². The molecule has 0 saturated carbocycles. The minimum absolute atomic E-state index is 0.195. The van der Waals surface area contributed by atoms with E-state index >= 15 is 0 Å². The average molecular weight is 631 g/mol. The summed E-state index contributed by atoms with van der Waals surface area (Å²) < 4.78 is 2.20. The fourth-order valence-corrected chi connectivity index (χ4v) is 7.87. The molecule has 3 aromatic carbocycles. The number of Topliss-reactive ketones (excluding diaryl/α,β-unsaturated/α-hetero) is 1. The molecule has 0 bridgehead atoms. The first-order valence-corrected chi connectivity index (χ1v) is 17.2. The smallest absolute Gasteiger partial charge is 0.335 e.